The van der Waals surface area contributed by atoms with Crippen molar-refractivity contribution in [3.8, 4) is 0 Å². The molecule has 5 nitrogen and oxygen atoms in total. The van der Waals surface area contributed by atoms with Crippen LogP contribution in [-0.4, -0.2) is 50.6 Å². The average Bonchev–Trinajstić information content (AvgIpc) is 2.36. The number of alkyl halides is 3. The summed E-state index contributed by atoms with van der Waals surface area (Å²) in [7, 11) is 0. The van der Waals surface area contributed by atoms with Gasteiger partial charge >= 0.3 is 6.18 Å². The number of nitrogens with two attached hydrogens (primary N) is 1. The Kier molecular flexibility index (Phi) is 7.25. The Balaban J connectivity index is 2.24. The highest BCUT2D eigenvalue weighted by atomic mass is 19.4. The van der Waals surface area contributed by atoms with Crippen molar-refractivity contribution >= 4 is 5.91 Å². The first-order chi connectivity index (χ1) is 9.40. The van der Waals surface area contributed by atoms with Crippen molar-refractivity contribution in [2.75, 3.05) is 26.4 Å². The van der Waals surface area contributed by atoms with Crippen LogP contribution in [0.2, 0.25) is 0 Å². The highest BCUT2D eigenvalue weighted by Gasteiger charge is 2.31. The van der Waals surface area contributed by atoms with Crippen molar-refractivity contribution in [1.29, 1.82) is 0 Å². The fourth-order valence-electron chi connectivity index (χ4n) is 2.16. The fraction of sp³-hybridized carbons (Fsp3) is 0.917. The lowest BCUT2D eigenvalue weighted by Gasteiger charge is -2.30. The number of halogens is 3. The second-order valence-electron chi connectivity index (χ2n) is 4.82. The van der Waals surface area contributed by atoms with Gasteiger partial charge in [-0.25, -0.2) is 0 Å². The minimum absolute atomic E-state index is 0.0816. The second-order valence-corrected chi connectivity index (χ2v) is 4.82. The summed E-state index contributed by atoms with van der Waals surface area (Å²) >= 11 is 0. The topological polar surface area (TPSA) is 73.6 Å². The third kappa shape index (κ3) is 7.66. The van der Waals surface area contributed by atoms with Crippen molar-refractivity contribution < 1.29 is 27.4 Å². The normalized spacial score (nSPS) is 23.6. The third-order valence-electron chi connectivity index (χ3n) is 2.97. The van der Waals surface area contributed by atoms with E-state index in [2.05, 4.69) is 5.32 Å². The van der Waals surface area contributed by atoms with Gasteiger partial charge in [-0.15, -0.1) is 0 Å². The Hall–Kier alpha value is -0.860. The molecule has 0 bridgehead atoms. The molecular formula is C12H21F3N2O3. The Morgan fingerprint density at radius 3 is 2.75 bits per heavy atom. The molecule has 1 aliphatic rings. The van der Waals surface area contributed by atoms with Crippen LogP contribution in [0.15, 0.2) is 0 Å². The van der Waals surface area contributed by atoms with Crippen molar-refractivity contribution in [3.63, 3.8) is 0 Å². The van der Waals surface area contributed by atoms with E-state index in [1.807, 2.05) is 0 Å². The van der Waals surface area contributed by atoms with E-state index in [0.717, 1.165) is 12.8 Å². The van der Waals surface area contributed by atoms with E-state index >= 15 is 0 Å². The Labute approximate surface area is 116 Å². The van der Waals surface area contributed by atoms with Gasteiger partial charge in [-0.05, 0) is 25.7 Å². The maximum absolute atomic E-state index is 12.1. The van der Waals surface area contributed by atoms with Gasteiger partial charge in [-0.1, -0.05) is 0 Å². The van der Waals surface area contributed by atoms with Crippen LogP contribution < -0.4 is 11.1 Å². The lowest BCUT2D eigenvalue weighted by molar-refractivity contribution is -0.188. The predicted octanol–water partition coefficient (Wildman–Crippen LogP) is 0.968. The van der Waals surface area contributed by atoms with E-state index in [-0.39, 0.29) is 18.6 Å². The van der Waals surface area contributed by atoms with E-state index < -0.39 is 18.9 Å². The molecular weight excluding hydrogens is 277 g/mol. The molecule has 1 fully saturated rings. The summed E-state index contributed by atoms with van der Waals surface area (Å²) in [5, 5.41) is 2.74. The highest BCUT2D eigenvalue weighted by Crippen LogP contribution is 2.24. The number of amides is 1. The highest BCUT2D eigenvalue weighted by molar-refractivity contribution is 5.77. The van der Waals surface area contributed by atoms with Gasteiger partial charge in [-0.3, -0.25) is 4.79 Å². The van der Waals surface area contributed by atoms with Crippen molar-refractivity contribution in [3.05, 3.63) is 0 Å². The van der Waals surface area contributed by atoms with Crippen LogP contribution in [0.5, 0.6) is 0 Å². The van der Waals surface area contributed by atoms with Gasteiger partial charge < -0.3 is 20.5 Å². The van der Waals surface area contributed by atoms with Gasteiger partial charge in [0.05, 0.1) is 12.7 Å². The van der Waals surface area contributed by atoms with Gasteiger partial charge in [0.2, 0.25) is 5.91 Å². The first-order valence-electron chi connectivity index (χ1n) is 6.66. The number of nitrogens with one attached hydrogen (secondary N) is 1. The first kappa shape index (κ1) is 17.2. The van der Waals surface area contributed by atoms with Crippen LogP contribution in [0.25, 0.3) is 0 Å². The maximum atomic E-state index is 12.1. The van der Waals surface area contributed by atoms with E-state index in [4.69, 9.17) is 15.2 Å². The molecule has 1 saturated carbocycles. The van der Waals surface area contributed by atoms with Crippen LogP contribution >= 0.6 is 0 Å². The lowest BCUT2D eigenvalue weighted by Crippen LogP contribution is -2.42. The molecule has 3 N–H and O–H groups in total. The van der Waals surface area contributed by atoms with Gasteiger partial charge in [0.1, 0.15) is 13.2 Å². The van der Waals surface area contributed by atoms with Crippen LogP contribution in [0.3, 0.4) is 0 Å². The molecule has 1 rings (SSSR count). The van der Waals surface area contributed by atoms with Gasteiger partial charge in [0, 0.05) is 12.6 Å². The summed E-state index contributed by atoms with van der Waals surface area (Å²) in [5.74, 6) is -0.278. The molecule has 0 aromatic carbocycles. The summed E-state index contributed by atoms with van der Waals surface area (Å²) in [6.45, 7) is -0.681. The molecule has 0 aromatic heterocycles. The minimum Gasteiger partial charge on any atom is -0.370 e. The summed E-state index contributed by atoms with van der Waals surface area (Å²) in [4.78, 5) is 11.5. The molecule has 0 heterocycles. The zero-order valence-corrected chi connectivity index (χ0v) is 11.2. The molecule has 20 heavy (non-hydrogen) atoms. The Morgan fingerprint density at radius 2 is 2.10 bits per heavy atom. The zero-order chi connectivity index (χ0) is 15.0. The average molecular weight is 298 g/mol. The lowest BCUT2D eigenvalue weighted by atomic mass is 9.93. The number of hydrogen-bond acceptors (Lipinski definition) is 4. The second kappa shape index (κ2) is 8.43. The smallest absolute Gasteiger partial charge is 0.370 e. The third-order valence-corrected chi connectivity index (χ3v) is 2.97. The Bertz CT molecular complexity index is 300. The fourth-order valence-corrected chi connectivity index (χ4v) is 2.16. The predicted molar refractivity (Wildman–Crippen MR) is 66.1 cm³/mol. The molecule has 2 atom stereocenters. The molecule has 118 valence electrons. The number of rotatable bonds is 7. The quantitative estimate of drug-likeness (QED) is 0.687. The molecule has 0 aliphatic heterocycles. The molecule has 0 spiro atoms. The van der Waals surface area contributed by atoms with E-state index in [0.29, 0.717) is 26.0 Å². The summed E-state index contributed by atoms with van der Waals surface area (Å²) in [5.41, 5.74) is 5.22. The molecule has 1 aliphatic carbocycles. The maximum Gasteiger partial charge on any atom is 0.411 e. The minimum atomic E-state index is -4.31. The zero-order valence-electron chi connectivity index (χ0n) is 11.2. The van der Waals surface area contributed by atoms with Gasteiger partial charge in [0.15, 0.2) is 0 Å². The van der Waals surface area contributed by atoms with Crippen molar-refractivity contribution in [2.24, 2.45) is 5.73 Å². The van der Waals surface area contributed by atoms with Crippen LogP contribution in [0.4, 0.5) is 13.2 Å². The number of carbonyl (C=O) groups is 1. The number of hydrogen-bond donors (Lipinski definition) is 2. The van der Waals surface area contributed by atoms with E-state index in [1.54, 1.807) is 0 Å². The summed E-state index contributed by atoms with van der Waals surface area (Å²) in [6, 6.07) is -0.157. The monoisotopic (exact) mass is 298 g/mol. The molecule has 0 saturated heterocycles. The van der Waals surface area contributed by atoms with Crippen molar-refractivity contribution in [2.45, 2.75) is 44.0 Å². The molecule has 0 radical (unpaired) electrons. The largest absolute Gasteiger partial charge is 0.411 e. The molecule has 8 heteroatoms. The SMILES string of the molecule is NCCOCC(=O)NC1CCCC(OCC(F)(F)F)C1. The molecule has 1 amide bonds. The number of ether oxygens (including phenoxy) is 2. The van der Waals surface area contributed by atoms with E-state index in [9.17, 15) is 18.0 Å². The van der Waals surface area contributed by atoms with Crippen molar-refractivity contribution in [1.82, 2.24) is 5.32 Å². The standard InChI is InChI=1S/C12H21F3N2O3/c13-12(14,15)8-20-10-3-1-2-9(6-10)17-11(18)7-19-5-4-16/h9-10H,1-8,16H2,(H,17,18). The first-order valence-corrected chi connectivity index (χ1v) is 6.66. The molecule has 0 aromatic rings. The molecule has 2 unspecified atom stereocenters. The number of carbonyl (C=O) groups excluding carboxylic acids is 1. The Morgan fingerprint density at radius 1 is 1.35 bits per heavy atom. The summed E-state index contributed by atoms with van der Waals surface area (Å²) < 4.78 is 46.0. The van der Waals surface area contributed by atoms with Crippen LogP contribution in [-0.2, 0) is 14.3 Å². The van der Waals surface area contributed by atoms with Gasteiger partial charge in [0.25, 0.3) is 0 Å². The summed E-state index contributed by atoms with van der Waals surface area (Å²) in [6.07, 6.45) is -2.30. The van der Waals surface area contributed by atoms with Crippen LogP contribution in [0.1, 0.15) is 25.7 Å². The van der Waals surface area contributed by atoms with Crippen LogP contribution in [0, 0.1) is 0 Å². The van der Waals surface area contributed by atoms with Gasteiger partial charge in [-0.2, -0.15) is 13.2 Å². The van der Waals surface area contributed by atoms with E-state index in [1.165, 1.54) is 0 Å².